The van der Waals surface area contributed by atoms with E-state index in [1.54, 1.807) is 12.1 Å². The average molecular weight is 278 g/mol. The number of nitro groups is 1. The first-order valence-electron chi connectivity index (χ1n) is 6.80. The van der Waals surface area contributed by atoms with Gasteiger partial charge in [0.2, 0.25) is 0 Å². The molecule has 108 valence electrons. The monoisotopic (exact) mass is 278 g/mol. The van der Waals surface area contributed by atoms with Crippen LogP contribution in [-0.4, -0.2) is 17.4 Å². The van der Waals surface area contributed by atoms with Crippen LogP contribution >= 0.6 is 0 Å². The third-order valence-electron chi connectivity index (χ3n) is 3.66. The molecule has 6 heteroatoms. The Morgan fingerprint density at radius 1 is 1.50 bits per heavy atom. The highest BCUT2D eigenvalue weighted by Gasteiger charge is 2.34. The minimum atomic E-state index is -0.584. The van der Waals surface area contributed by atoms with Crippen molar-refractivity contribution < 1.29 is 14.5 Å². The van der Waals surface area contributed by atoms with Crippen molar-refractivity contribution in [1.82, 2.24) is 0 Å². The van der Waals surface area contributed by atoms with Gasteiger partial charge in [0.15, 0.2) is 6.10 Å². The largest absolute Gasteiger partial charge is 0.455 e. The van der Waals surface area contributed by atoms with E-state index in [4.69, 9.17) is 4.74 Å². The van der Waals surface area contributed by atoms with Gasteiger partial charge < -0.3 is 10.1 Å². The lowest BCUT2D eigenvalue weighted by Crippen LogP contribution is -2.20. The summed E-state index contributed by atoms with van der Waals surface area (Å²) in [7, 11) is 0. The van der Waals surface area contributed by atoms with Crippen LogP contribution < -0.4 is 5.32 Å². The van der Waals surface area contributed by atoms with Gasteiger partial charge in [-0.25, -0.2) is 0 Å². The van der Waals surface area contributed by atoms with E-state index in [0.717, 1.165) is 0 Å². The maximum absolute atomic E-state index is 12.0. The van der Waals surface area contributed by atoms with Crippen molar-refractivity contribution in [3.63, 3.8) is 0 Å². The minimum absolute atomic E-state index is 0.00477. The predicted octanol–water partition coefficient (Wildman–Crippen LogP) is 3.04. The molecule has 1 N–H and O–H groups in total. The second kappa shape index (κ2) is 5.90. The number of anilines is 1. The molecular weight excluding hydrogens is 260 g/mol. The number of nitro benzene ring substituents is 1. The van der Waals surface area contributed by atoms with Crippen LogP contribution in [0.1, 0.15) is 38.4 Å². The minimum Gasteiger partial charge on any atom is -0.455 e. The van der Waals surface area contributed by atoms with Crippen molar-refractivity contribution in [3.05, 3.63) is 33.9 Å². The number of hydrogen-bond donors (Lipinski definition) is 1. The van der Waals surface area contributed by atoms with Crippen molar-refractivity contribution in [2.75, 3.05) is 11.9 Å². The van der Waals surface area contributed by atoms with Crippen molar-refractivity contribution in [1.29, 1.82) is 0 Å². The standard InChI is InChI=1S/C14H18N2O4/c1-3-9(4-2)14(17)20-12-8-15-10-6-5-7-11(13(10)12)16(18)19/h5-7,9,12,15H,3-4,8H2,1-2H3. The second-order valence-corrected chi connectivity index (χ2v) is 4.82. The summed E-state index contributed by atoms with van der Waals surface area (Å²) in [4.78, 5) is 22.7. The zero-order valence-corrected chi connectivity index (χ0v) is 11.6. The highest BCUT2D eigenvalue weighted by Crippen LogP contribution is 2.39. The van der Waals surface area contributed by atoms with E-state index in [-0.39, 0.29) is 17.6 Å². The first-order chi connectivity index (χ1) is 9.58. The number of carbonyl (C=O) groups is 1. The Morgan fingerprint density at radius 2 is 2.20 bits per heavy atom. The van der Waals surface area contributed by atoms with Crippen LogP contribution in [0.3, 0.4) is 0 Å². The third kappa shape index (κ3) is 2.59. The van der Waals surface area contributed by atoms with Crippen LogP contribution in [-0.2, 0) is 9.53 Å². The Hall–Kier alpha value is -2.11. The molecule has 1 unspecified atom stereocenters. The van der Waals surface area contributed by atoms with E-state index in [1.807, 2.05) is 13.8 Å². The van der Waals surface area contributed by atoms with Crippen molar-refractivity contribution >= 4 is 17.3 Å². The Balaban J connectivity index is 2.23. The topological polar surface area (TPSA) is 81.5 Å². The Labute approximate surface area is 117 Å². The molecule has 0 spiro atoms. The van der Waals surface area contributed by atoms with Crippen LogP contribution in [0, 0.1) is 16.0 Å². The SMILES string of the molecule is CCC(CC)C(=O)OC1CNc2cccc([N+](=O)[O-])c21. The molecule has 2 rings (SSSR count). The maximum Gasteiger partial charge on any atom is 0.309 e. The predicted molar refractivity (Wildman–Crippen MR) is 74.5 cm³/mol. The summed E-state index contributed by atoms with van der Waals surface area (Å²) < 4.78 is 5.47. The number of carbonyl (C=O) groups excluding carboxylic acids is 1. The molecule has 1 aromatic carbocycles. The number of fused-ring (bicyclic) bond motifs is 1. The number of nitrogens with zero attached hydrogens (tertiary/aromatic N) is 1. The molecule has 0 amide bonds. The van der Waals surface area contributed by atoms with Crippen LogP contribution in [0.5, 0.6) is 0 Å². The van der Waals surface area contributed by atoms with Crippen molar-refractivity contribution in [3.8, 4) is 0 Å². The molecule has 1 aliphatic heterocycles. The van der Waals surface area contributed by atoms with Gasteiger partial charge in [-0.1, -0.05) is 19.9 Å². The van der Waals surface area contributed by atoms with Crippen LogP contribution in [0.15, 0.2) is 18.2 Å². The van der Waals surface area contributed by atoms with Gasteiger partial charge in [0.05, 0.1) is 22.9 Å². The van der Waals surface area contributed by atoms with Gasteiger partial charge in [-0.2, -0.15) is 0 Å². The maximum atomic E-state index is 12.0. The fourth-order valence-corrected chi connectivity index (χ4v) is 2.47. The van der Waals surface area contributed by atoms with Gasteiger partial charge in [0, 0.05) is 11.8 Å². The van der Waals surface area contributed by atoms with Gasteiger partial charge in [-0.05, 0) is 18.9 Å². The highest BCUT2D eigenvalue weighted by molar-refractivity contribution is 5.74. The average Bonchev–Trinajstić information content (AvgIpc) is 2.83. The van der Waals surface area contributed by atoms with E-state index < -0.39 is 11.0 Å². The number of rotatable bonds is 5. The summed E-state index contributed by atoms with van der Waals surface area (Å²) in [6.07, 6.45) is 0.832. The molecular formula is C14H18N2O4. The highest BCUT2D eigenvalue weighted by atomic mass is 16.6. The lowest BCUT2D eigenvalue weighted by atomic mass is 10.0. The summed E-state index contributed by atoms with van der Waals surface area (Å²) in [6, 6.07) is 4.81. The number of esters is 1. The number of nitrogens with one attached hydrogen (secondary N) is 1. The number of ether oxygens (including phenoxy) is 1. The summed E-state index contributed by atoms with van der Waals surface area (Å²) in [6.45, 7) is 4.24. The Kier molecular flexibility index (Phi) is 4.22. The molecule has 0 aromatic heterocycles. The molecule has 20 heavy (non-hydrogen) atoms. The summed E-state index contributed by atoms with van der Waals surface area (Å²) >= 11 is 0. The van der Waals surface area contributed by atoms with Gasteiger partial charge in [-0.15, -0.1) is 0 Å². The first kappa shape index (κ1) is 14.3. The van der Waals surface area contributed by atoms with E-state index in [0.29, 0.717) is 30.6 Å². The molecule has 6 nitrogen and oxygen atoms in total. The molecule has 1 heterocycles. The third-order valence-corrected chi connectivity index (χ3v) is 3.66. The second-order valence-electron chi connectivity index (χ2n) is 4.82. The quantitative estimate of drug-likeness (QED) is 0.508. The van der Waals surface area contributed by atoms with Gasteiger partial charge in [0.1, 0.15) is 0 Å². The van der Waals surface area contributed by atoms with E-state index >= 15 is 0 Å². The fourth-order valence-electron chi connectivity index (χ4n) is 2.47. The van der Waals surface area contributed by atoms with Gasteiger partial charge in [-0.3, -0.25) is 14.9 Å². The number of benzene rings is 1. The van der Waals surface area contributed by atoms with E-state index in [9.17, 15) is 14.9 Å². The fraction of sp³-hybridized carbons (Fsp3) is 0.500. The molecule has 0 saturated carbocycles. The Bertz CT molecular complexity index is 526. The molecule has 0 aliphatic carbocycles. The van der Waals surface area contributed by atoms with E-state index in [2.05, 4.69) is 5.32 Å². The molecule has 1 aliphatic rings. The van der Waals surface area contributed by atoms with Crippen LogP contribution in [0.4, 0.5) is 11.4 Å². The lowest BCUT2D eigenvalue weighted by Gasteiger charge is -2.16. The van der Waals surface area contributed by atoms with Gasteiger partial charge >= 0.3 is 5.97 Å². The van der Waals surface area contributed by atoms with Crippen molar-refractivity contribution in [2.24, 2.45) is 5.92 Å². The van der Waals surface area contributed by atoms with Gasteiger partial charge in [0.25, 0.3) is 5.69 Å². The normalized spacial score (nSPS) is 16.6. The van der Waals surface area contributed by atoms with Crippen molar-refractivity contribution in [2.45, 2.75) is 32.8 Å². The zero-order valence-electron chi connectivity index (χ0n) is 11.6. The molecule has 0 bridgehead atoms. The van der Waals surface area contributed by atoms with Crippen LogP contribution in [0.2, 0.25) is 0 Å². The van der Waals surface area contributed by atoms with E-state index in [1.165, 1.54) is 6.07 Å². The first-order valence-corrected chi connectivity index (χ1v) is 6.80. The van der Waals surface area contributed by atoms with Crippen LogP contribution in [0.25, 0.3) is 0 Å². The summed E-state index contributed by atoms with van der Waals surface area (Å²) in [5.41, 5.74) is 1.13. The smallest absolute Gasteiger partial charge is 0.309 e. The summed E-state index contributed by atoms with van der Waals surface area (Å²) in [5, 5.41) is 14.1. The molecule has 0 saturated heterocycles. The zero-order chi connectivity index (χ0) is 14.7. The lowest BCUT2D eigenvalue weighted by molar-refractivity contribution is -0.386. The molecule has 0 fully saturated rings. The Morgan fingerprint density at radius 3 is 2.80 bits per heavy atom. The number of hydrogen-bond acceptors (Lipinski definition) is 5. The summed E-state index contributed by atoms with van der Waals surface area (Å²) in [5.74, 6) is -0.436. The molecule has 0 radical (unpaired) electrons. The molecule has 1 atom stereocenters. The molecule has 1 aromatic rings.